The van der Waals surface area contributed by atoms with Crippen molar-refractivity contribution in [1.29, 1.82) is 5.26 Å². The van der Waals surface area contributed by atoms with E-state index in [1.54, 1.807) is 54.9 Å². The molecule has 0 unspecified atom stereocenters. The Morgan fingerprint density at radius 2 is 1.88 bits per heavy atom. The fourth-order valence-corrected chi connectivity index (χ4v) is 4.43. The summed E-state index contributed by atoms with van der Waals surface area (Å²) in [6.45, 7) is 4.76. The lowest BCUT2D eigenvalue weighted by atomic mass is 9.97. The zero-order valence-corrected chi connectivity index (χ0v) is 21.4. The van der Waals surface area contributed by atoms with E-state index < -0.39 is 17.6 Å². The summed E-state index contributed by atoms with van der Waals surface area (Å²) in [6, 6.07) is 14.8. The number of ether oxygens (including phenoxy) is 1. The molecule has 0 fully saturated rings. The molecule has 0 spiro atoms. The molecule has 3 heterocycles. The Bertz CT molecular complexity index is 1860. The molecule has 5 aromatic rings. The summed E-state index contributed by atoms with van der Waals surface area (Å²) in [7, 11) is 1.76. The number of aryl methyl sites for hydroxylation is 2. The normalized spacial score (nSPS) is 10.8. The minimum Gasteiger partial charge on any atom is -0.421 e. The van der Waals surface area contributed by atoms with Crippen molar-refractivity contribution in [3.8, 4) is 40.2 Å². The van der Waals surface area contributed by atoms with E-state index in [1.807, 2.05) is 0 Å². The van der Waals surface area contributed by atoms with E-state index >= 15 is 4.39 Å². The van der Waals surface area contributed by atoms with Gasteiger partial charge in [-0.15, -0.1) is 0 Å². The smallest absolute Gasteiger partial charge is 0.322 e. The summed E-state index contributed by atoms with van der Waals surface area (Å²) in [5.41, 5.74) is 10.4. The highest BCUT2D eigenvalue weighted by molar-refractivity contribution is 6.11. The lowest BCUT2D eigenvalue weighted by Gasteiger charge is -2.12. The van der Waals surface area contributed by atoms with Gasteiger partial charge in [0.1, 0.15) is 11.9 Å². The summed E-state index contributed by atoms with van der Waals surface area (Å²) < 4.78 is 35.9. The molecule has 0 bridgehead atoms. The van der Waals surface area contributed by atoms with Gasteiger partial charge in [-0.2, -0.15) is 5.26 Å². The van der Waals surface area contributed by atoms with Crippen molar-refractivity contribution in [2.45, 2.75) is 6.92 Å². The Hall–Kier alpha value is -5.63. The standard InChI is InChI=1S/C29H21F2N7O2/c1-15-10-11-34-29(36-15)40-22-9-6-18(12-21(22)31)23-24-26(19(13-32)14-35-27(24)33)38(3)25(23)17-4-7-20(8-5-17)37-28(39)16(2)30/h4-12,14H,2H2,1,3H3,(H2,33,35)(H,37,39). The maximum atomic E-state index is 15.4. The third-order valence-electron chi connectivity index (χ3n) is 6.22. The monoisotopic (exact) mass is 537 g/mol. The van der Waals surface area contributed by atoms with Gasteiger partial charge in [0.15, 0.2) is 17.4 Å². The molecule has 0 radical (unpaired) electrons. The topological polar surface area (TPSA) is 132 Å². The first-order valence-electron chi connectivity index (χ1n) is 11.9. The van der Waals surface area contributed by atoms with Gasteiger partial charge in [0.05, 0.1) is 22.2 Å². The molecule has 0 aliphatic rings. The van der Waals surface area contributed by atoms with E-state index in [0.717, 1.165) is 0 Å². The second-order valence-electron chi connectivity index (χ2n) is 8.84. The molecule has 0 aliphatic carbocycles. The van der Waals surface area contributed by atoms with E-state index in [2.05, 4.69) is 32.9 Å². The average Bonchev–Trinajstić information content (AvgIpc) is 3.24. The van der Waals surface area contributed by atoms with Crippen molar-refractivity contribution >= 4 is 28.3 Å². The third kappa shape index (κ3) is 4.69. The van der Waals surface area contributed by atoms with Crippen LogP contribution in [0.1, 0.15) is 11.3 Å². The highest BCUT2D eigenvalue weighted by Crippen LogP contribution is 2.44. The second kappa shape index (κ2) is 10.3. The molecule has 2 aromatic carbocycles. The lowest BCUT2D eigenvalue weighted by Crippen LogP contribution is -2.10. The van der Waals surface area contributed by atoms with Gasteiger partial charge in [0.2, 0.25) is 0 Å². The van der Waals surface area contributed by atoms with Gasteiger partial charge in [0.25, 0.3) is 5.91 Å². The Kier molecular flexibility index (Phi) is 6.67. The first-order chi connectivity index (χ1) is 19.2. The van der Waals surface area contributed by atoms with Gasteiger partial charge in [-0.1, -0.05) is 24.8 Å². The molecular weight excluding hydrogens is 516 g/mol. The summed E-state index contributed by atoms with van der Waals surface area (Å²) in [4.78, 5) is 24.0. The largest absolute Gasteiger partial charge is 0.421 e. The van der Waals surface area contributed by atoms with E-state index in [9.17, 15) is 14.4 Å². The van der Waals surface area contributed by atoms with E-state index in [4.69, 9.17) is 10.5 Å². The number of nitrogen functional groups attached to an aromatic ring is 1. The second-order valence-corrected chi connectivity index (χ2v) is 8.84. The Morgan fingerprint density at radius 1 is 1.15 bits per heavy atom. The minimum absolute atomic E-state index is 0.00752. The minimum atomic E-state index is -1.12. The van der Waals surface area contributed by atoms with E-state index in [-0.39, 0.29) is 23.1 Å². The molecule has 11 heteroatoms. The number of carbonyl (C=O) groups excluding carboxylic acids is 1. The number of hydrogen-bond acceptors (Lipinski definition) is 7. The fraction of sp³-hybridized carbons (Fsp3) is 0.0690. The van der Waals surface area contributed by atoms with Gasteiger partial charge < -0.3 is 20.4 Å². The van der Waals surface area contributed by atoms with Crippen LogP contribution in [0.2, 0.25) is 0 Å². The van der Waals surface area contributed by atoms with Crippen molar-refractivity contribution < 1.29 is 18.3 Å². The zero-order chi connectivity index (χ0) is 28.6. The third-order valence-corrected chi connectivity index (χ3v) is 6.22. The van der Waals surface area contributed by atoms with Crippen LogP contribution in [0.4, 0.5) is 20.3 Å². The summed E-state index contributed by atoms with van der Waals surface area (Å²) in [5.74, 6) is -2.66. The van der Waals surface area contributed by atoms with E-state index in [1.165, 1.54) is 24.5 Å². The Morgan fingerprint density at radius 3 is 2.52 bits per heavy atom. The zero-order valence-electron chi connectivity index (χ0n) is 21.4. The van der Waals surface area contributed by atoms with Crippen LogP contribution < -0.4 is 15.8 Å². The molecule has 40 heavy (non-hydrogen) atoms. The SMILES string of the molecule is C=C(F)C(=O)Nc1ccc(-c2c(-c3ccc(Oc4nccc(C)n4)c(F)c3)c3c(N)ncc(C#N)c3n2C)cc1. The quantitative estimate of drug-likeness (QED) is 0.261. The van der Waals surface area contributed by atoms with Crippen LogP contribution in [0.15, 0.2) is 73.3 Å². The van der Waals surface area contributed by atoms with Gasteiger partial charge in [-0.3, -0.25) is 4.79 Å². The van der Waals surface area contributed by atoms with Crippen LogP contribution in [0.5, 0.6) is 11.8 Å². The number of nitrogens with one attached hydrogen (secondary N) is 1. The number of nitrogens with two attached hydrogens (primary N) is 1. The number of nitriles is 1. The maximum absolute atomic E-state index is 15.4. The number of anilines is 2. The number of pyridine rings is 1. The van der Waals surface area contributed by atoms with Gasteiger partial charge in [-0.25, -0.2) is 23.7 Å². The Balaban J connectivity index is 1.67. The molecular formula is C29H21F2N7O2. The summed E-state index contributed by atoms with van der Waals surface area (Å²) in [6.07, 6.45) is 2.90. The molecule has 0 aliphatic heterocycles. The summed E-state index contributed by atoms with van der Waals surface area (Å²) >= 11 is 0. The van der Waals surface area contributed by atoms with E-state index in [0.29, 0.717) is 44.7 Å². The number of halogens is 2. The van der Waals surface area contributed by atoms with Crippen LogP contribution in [0, 0.1) is 24.1 Å². The fourth-order valence-electron chi connectivity index (χ4n) is 4.43. The number of carbonyl (C=O) groups is 1. The van der Waals surface area contributed by atoms with Crippen LogP contribution in [-0.2, 0) is 11.8 Å². The molecule has 1 amide bonds. The van der Waals surface area contributed by atoms with Gasteiger partial charge >= 0.3 is 6.01 Å². The molecule has 198 valence electrons. The van der Waals surface area contributed by atoms with Crippen molar-refractivity contribution in [2.24, 2.45) is 7.05 Å². The molecule has 3 N–H and O–H groups in total. The molecule has 0 saturated heterocycles. The molecule has 9 nitrogen and oxygen atoms in total. The summed E-state index contributed by atoms with van der Waals surface area (Å²) in [5, 5.41) is 12.7. The van der Waals surface area contributed by atoms with Crippen molar-refractivity contribution in [1.82, 2.24) is 19.5 Å². The van der Waals surface area contributed by atoms with Crippen LogP contribution in [-0.4, -0.2) is 25.4 Å². The predicted octanol–water partition coefficient (Wildman–Crippen LogP) is 5.81. The molecule has 3 aromatic heterocycles. The van der Waals surface area contributed by atoms with Crippen LogP contribution in [0.3, 0.4) is 0 Å². The Labute approximate surface area is 227 Å². The van der Waals surface area contributed by atoms with Crippen LogP contribution >= 0.6 is 0 Å². The number of fused-ring (bicyclic) bond motifs is 1. The molecule has 0 atom stereocenters. The highest BCUT2D eigenvalue weighted by Gasteiger charge is 2.24. The van der Waals surface area contributed by atoms with Crippen molar-refractivity contribution in [2.75, 3.05) is 11.1 Å². The van der Waals surface area contributed by atoms with Gasteiger partial charge in [0, 0.05) is 36.4 Å². The van der Waals surface area contributed by atoms with Crippen LogP contribution in [0.25, 0.3) is 33.3 Å². The average molecular weight is 538 g/mol. The number of aromatic nitrogens is 4. The number of amides is 1. The number of nitrogens with zero attached hydrogens (tertiary/aromatic N) is 5. The van der Waals surface area contributed by atoms with Crippen molar-refractivity contribution in [3.63, 3.8) is 0 Å². The lowest BCUT2D eigenvalue weighted by molar-refractivity contribution is -0.114. The maximum Gasteiger partial charge on any atom is 0.322 e. The predicted molar refractivity (Wildman–Crippen MR) is 146 cm³/mol. The highest BCUT2D eigenvalue weighted by atomic mass is 19.1. The van der Waals surface area contributed by atoms with Gasteiger partial charge in [-0.05, 0) is 48.4 Å². The number of benzene rings is 2. The molecule has 5 rings (SSSR count). The number of hydrogen-bond donors (Lipinski definition) is 2. The first-order valence-corrected chi connectivity index (χ1v) is 11.9. The number of rotatable bonds is 6. The first kappa shape index (κ1) is 26.0. The van der Waals surface area contributed by atoms with Crippen molar-refractivity contribution in [3.05, 3.63) is 90.4 Å². The molecule has 0 saturated carbocycles.